The summed E-state index contributed by atoms with van der Waals surface area (Å²) in [5, 5.41) is 2.37. The molecule has 36 heavy (non-hydrogen) atoms. The number of ether oxygens (including phenoxy) is 1. The number of quaternary nitrogens is 1. The Bertz CT molecular complexity index is 1020. The van der Waals surface area contributed by atoms with Crippen molar-refractivity contribution in [1.82, 2.24) is 4.90 Å². The minimum absolute atomic E-state index is 0. The first kappa shape index (κ1) is 27.2. The first-order chi connectivity index (χ1) is 16.8. The van der Waals surface area contributed by atoms with E-state index in [1.54, 1.807) is 0 Å². The summed E-state index contributed by atoms with van der Waals surface area (Å²) in [4.78, 5) is 20.1. The van der Waals surface area contributed by atoms with Crippen molar-refractivity contribution in [2.24, 2.45) is 11.8 Å². The highest BCUT2D eigenvalue weighted by Crippen LogP contribution is 2.45. The summed E-state index contributed by atoms with van der Waals surface area (Å²) in [6, 6.07) is 15.6. The Labute approximate surface area is 227 Å². The van der Waals surface area contributed by atoms with Gasteiger partial charge in [-0.05, 0) is 55.6 Å². The smallest absolute Gasteiger partial charge is 0.370 e. The number of nitrogens with two attached hydrogens (primary N) is 1. The summed E-state index contributed by atoms with van der Waals surface area (Å²) < 4.78 is 5.97. The maximum absolute atomic E-state index is 14.4. The summed E-state index contributed by atoms with van der Waals surface area (Å²) in [5.41, 5.74) is 2.55. The molecule has 3 aliphatic heterocycles. The summed E-state index contributed by atoms with van der Waals surface area (Å²) in [7, 11) is 0. The summed E-state index contributed by atoms with van der Waals surface area (Å²) in [6.45, 7) is 3.46. The van der Waals surface area contributed by atoms with Crippen molar-refractivity contribution >= 4 is 5.91 Å². The van der Waals surface area contributed by atoms with E-state index in [9.17, 15) is 4.79 Å². The third-order valence-electron chi connectivity index (χ3n) is 9.42. The standard InChI is InChI=1S/C29H37N3O2.2ClH/c33-28(25-19-30-20-29(25)14-17-34-27-24(29)12-7-15-31-27)32-16-13-23(21-8-3-1-4-9-21)18-26(32)22-10-5-2-6-11-22;;/h1,3-4,7-9,12,15,22-23,25-26,30H,2,5-6,10-11,13-14,16-20H2;2*1H/t23-,25+,26+,29+;;/m1../s1. The molecule has 4 heterocycles. The molecule has 3 fully saturated rings. The number of fused-ring (bicyclic) bond motifs is 2. The van der Waals surface area contributed by atoms with Crippen LogP contribution in [0, 0.1) is 11.8 Å². The van der Waals surface area contributed by atoms with Gasteiger partial charge in [0.25, 0.3) is 0 Å². The number of nitrogens with one attached hydrogen (secondary N) is 1. The highest BCUT2D eigenvalue weighted by Gasteiger charge is 2.57. The average molecular weight is 533 g/mol. The molecule has 0 radical (unpaired) electrons. The van der Waals surface area contributed by atoms with Crippen LogP contribution in [-0.4, -0.2) is 43.1 Å². The van der Waals surface area contributed by atoms with Gasteiger partial charge < -0.3 is 39.8 Å². The normalized spacial score (nSPS) is 30.0. The van der Waals surface area contributed by atoms with Crippen molar-refractivity contribution in [2.75, 3.05) is 26.2 Å². The lowest BCUT2D eigenvalue weighted by Gasteiger charge is -2.47. The molecule has 196 valence electrons. The molecule has 1 amide bonds. The number of benzene rings is 1. The van der Waals surface area contributed by atoms with Crippen molar-refractivity contribution in [1.29, 1.82) is 0 Å². The first-order valence-corrected chi connectivity index (χ1v) is 13.6. The number of amides is 1. The zero-order chi connectivity index (χ0) is 23.0. The minimum Gasteiger partial charge on any atom is -1.00 e. The largest absolute Gasteiger partial charge is 1.00 e. The number of rotatable bonds is 3. The van der Waals surface area contributed by atoms with E-state index in [1.807, 2.05) is 6.20 Å². The van der Waals surface area contributed by atoms with Crippen molar-refractivity contribution in [3.63, 3.8) is 0 Å². The number of carbonyl (C=O) groups is 1. The molecule has 2 aromatic rings. The zero-order valence-corrected chi connectivity index (χ0v) is 22.5. The second-order valence-corrected chi connectivity index (χ2v) is 11.1. The SMILES string of the molecule is O=C([C@@H]1C[NH2+]C[C@]12CCOc1[nH+]cccc12)N1CC[C@@H](c2ccccc2)C[C@H]1C1CCCCC1.[Cl-].[Cl-]. The molecule has 2 saturated heterocycles. The summed E-state index contributed by atoms with van der Waals surface area (Å²) in [5.74, 6) is 2.53. The van der Waals surface area contributed by atoms with E-state index < -0.39 is 0 Å². The number of nitrogens with zero attached hydrogens (tertiary/aromatic N) is 1. The number of carbonyl (C=O) groups excluding carboxylic acids is 1. The van der Waals surface area contributed by atoms with Crippen molar-refractivity contribution in [3.8, 4) is 5.88 Å². The molecular formula is C29H39Cl2N3O2. The van der Waals surface area contributed by atoms with E-state index in [0.29, 0.717) is 30.4 Å². The highest BCUT2D eigenvalue weighted by atomic mass is 35.5. The van der Waals surface area contributed by atoms with Crippen LogP contribution in [0.5, 0.6) is 5.88 Å². The van der Waals surface area contributed by atoms with Gasteiger partial charge in [0, 0.05) is 18.7 Å². The lowest BCUT2D eigenvalue weighted by molar-refractivity contribution is -0.640. The molecule has 0 unspecified atom stereocenters. The highest BCUT2D eigenvalue weighted by molar-refractivity contribution is 5.82. The molecule has 1 aromatic carbocycles. The minimum atomic E-state index is -0.115. The van der Waals surface area contributed by atoms with Crippen LogP contribution < -0.4 is 39.9 Å². The van der Waals surface area contributed by atoms with Crippen LogP contribution in [0.4, 0.5) is 0 Å². The fraction of sp³-hybridized carbons (Fsp3) is 0.586. The Hall–Kier alpha value is -1.82. The molecule has 1 spiro atoms. The lowest BCUT2D eigenvalue weighted by atomic mass is 9.68. The molecule has 1 aliphatic carbocycles. The zero-order valence-electron chi connectivity index (χ0n) is 21.0. The van der Waals surface area contributed by atoms with Gasteiger partial charge in [-0.25, -0.2) is 0 Å². The molecular weight excluding hydrogens is 493 g/mol. The Morgan fingerprint density at radius 1 is 1.03 bits per heavy atom. The number of aromatic nitrogens is 1. The van der Waals surface area contributed by atoms with E-state index in [1.165, 1.54) is 43.2 Å². The van der Waals surface area contributed by atoms with Crippen LogP contribution in [0.2, 0.25) is 0 Å². The quantitative estimate of drug-likeness (QED) is 0.461. The van der Waals surface area contributed by atoms with E-state index in [2.05, 4.69) is 57.7 Å². The van der Waals surface area contributed by atoms with Gasteiger partial charge in [-0.2, -0.15) is 4.98 Å². The average Bonchev–Trinajstić information content (AvgIpc) is 3.33. The summed E-state index contributed by atoms with van der Waals surface area (Å²) in [6.07, 6.45) is 11.6. The lowest BCUT2D eigenvalue weighted by Crippen LogP contribution is -3.00. The number of hydrogen-bond acceptors (Lipinski definition) is 2. The van der Waals surface area contributed by atoms with E-state index in [0.717, 1.165) is 44.8 Å². The molecule has 7 heteroatoms. The van der Waals surface area contributed by atoms with Gasteiger partial charge in [0.15, 0.2) is 6.20 Å². The number of H-pyrrole nitrogens is 1. The third kappa shape index (κ3) is 4.87. The number of piperidine rings is 1. The molecule has 0 bridgehead atoms. The van der Waals surface area contributed by atoms with Crippen LogP contribution in [-0.2, 0) is 10.2 Å². The molecule has 3 N–H and O–H groups in total. The van der Waals surface area contributed by atoms with Gasteiger partial charge in [0.05, 0.1) is 30.7 Å². The Morgan fingerprint density at radius 3 is 2.64 bits per heavy atom. The second-order valence-electron chi connectivity index (χ2n) is 11.1. The third-order valence-corrected chi connectivity index (χ3v) is 9.42. The van der Waals surface area contributed by atoms with Crippen molar-refractivity contribution in [3.05, 3.63) is 59.8 Å². The van der Waals surface area contributed by atoms with Crippen LogP contribution in [0.1, 0.15) is 68.4 Å². The van der Waals surface area contributed by atoms with Crippen molar-refractivity contribution in [2.45, 2.75) is 68.7 Å². The summed E-state index contributed by atoms with van der Waals surface area (Å²) >= 11 is 0. The predicted molar refractivity (Wildman–Crippen MR) is 130 cm³/mol. The molecule has 5 nitrogen and oxygen atoms in total. The van der Waals surface area contributed by atoms with Gasteiger partial charge in [0.1, 0.15) is 5.92 Å². The maximum Gasteiger partial charge on any atom is 0.370 e. The van der Waals surface area contributed by atoms with Crippen LogP contribution >= 0.6 is 0 Å². The first-order valence-electron chi connectivity index (χ1n) is 13.6. The fourth-order valence-electron chi connectivity index (χ4n) is 7.65. The van der Waals surface area contributed by atoms with Gasteiger partial charge >= 0.3 is 5.88 Å². The number of pyridine rings is 1. The predicted octanol–water partition coefficient (Wildman–Crippen LogP) is -2.92. The number of aromatic amines is 1. The number of likely N-dealkylation sites (tertiary alicyclic amines) is 1. The number of hydrogen-bond donors (Lipinski definition) is 1. The second kappa shape index (κ2) is 11.7. The molecule has 6 rings (SSSR count). The molecule has 4 atom stereocenters. The fourth-order valence-corrected chi connectivity index (χ4v) is 7.65. The Balaban J connectivity index is 0.00000152. The number of halogens is 2. The Kier molecular flexibility index (Phi) is 8.85. The van der Waals surface area contributed by atoms with Gasteiger partial charge in [0.2, 0.25) is 5.91 Å². The van der Waals surface area contributed by atoms with Gasteiger partial charge in [-0.15, -0.1) is 0 Å². The van der Waals surface area contributed by atoms with E-state index >= 15 is 0 Å². The molecule has 4 aliphatic rings. The van der Waals surface area contributed by atoms with Gasteiger partial charge in [-0.3, -0.25) is 4.79 Å². The Morgan fingerprint density at radius 2 is 1.83 bits per heavy atom. The topological polar surface area (TPSA) is 60.3 Å². The van der Waals surface area contributed by atoms with E-state index in [-0.39, 0.29) is 36.1 Å². The molecule has 1 aromatic heterocycles. The van der Waals surface area contributed by atoms with Crippen LogP contribution in [0.15, 0.2) is 48.7 Å². The maximum atomic E-state index is 14.4. The van der Waals surface area contributed by atoms with Crippen LogP contribution in [0.3, 0.4) is 0 Å². The monoisotopic (exact) mass is 531 g/mol. The van der Waals surface area contributed by atoms with E-state index in [4.69, 9.17) is 4.74 Å². The van der Waals surface area contributed by atoms with Crippen molar-refractivity contribution < 1.29 is 44.6 Å². The molecule has 1 saturated carbocycles. The van der Waals surface area contributed by atoms with Crippen LogP contribution in [0.25, 0.3) is 0 Å². The van der Waals surface area contributed by atoms with Gasteiger partial charge in [-0.1, -0.05) is 49.6 Å².